The first-order valence-electron chi connectivity index (χ1n) is 5.13. The quantitative estimate of drug-likeness (QED) is 0.705. The molecule has 0 aliphatic heterocycles. The molecule has 1 aromatic carbocycles. The molecule has 0 bridgehead atoms. The van der Waals surface area contributed by atoms with Crippen LogP contribution < -0.4 is 0 Å². The Morgan fingerprint density at radius 3 is 2.60 bits per heavy atom. The standard InChI is InChI=1S/C13H16O2/c1-3-13(15-11(2)14)10-9-12-7-5-4-6-8-12/h4-10,13H,3H2,1-2H3/b10-9+/t13-/m1/s1. The van der Waals surface area contributed by atoms with E-state index in [4.69, 9.17) is 4.74 Å². The minimum Gasteiger partial charge on any atom is -0.458 e. The molecule has 0 N–H and O–H groups in total. The summed E-state index contributed by atoms with van der Waals surface area (Å²) in [5.41, 5.74) is 1.11. The van der Waals surface area contributed by atoms with E-state index in [2.05, 4.69) is 0 Å². The molecule has 0 saturated carbocycles. The number of ether oxygens (including phenoxy) is 1. The van der Waals surface area contributed by atoms with Crippen molar-refractivity contribution in [3.05, 3.63) is 42.0 Å². The zero-order valence-electron chi connectivity index (χ0n) is 9.14. The molecule has 0 saturated heterocycles. The van der Waals surface area contributed by atoms with Crippen molar-refractivity contribution in [2.45, 2.75) is 26.4 Å². The maximum absolute atomic E-state index is 10.8. The van der Waals surface area contributed by atoms with E-state index in [1.165, 1.54) is 6.92 Å². The summed E-state index contributed by atoms with van der Waals surface area (Å²) in [6, 6.07) is 9.95. The highest BCUT2D eigenvalue weighted by Gasteiger charge is 2.03. The fraction of sp³-hybridized carbons (Fsp3) is 0.308. The smallest absolute Gasteiger partial charge is 0.303 e. The lowest BCUT2D eigenvalue weighted by molar-refractivity contribution is -0.144. The maximum atomic E-state index is 10.8. The van der Waals surface area contributed by atoms with Gasteiger partial charge in [0.25, 0.3) is 0 Å². The summed E-state index contributed by atoms with van der Waals surface area (Å²) in [5.74, 6) is -0.237. The van der Waals surface area contributed by atoms with Crippen LogP contribution in [-0.2, 0) is 9.53 Å². The summed E-state index contributed by atoms with van der Waals surface area (Å²) in [6.07, 6.45) is 4.55. The van der Waals surface area contributed by atoms with Crippen LogP contribution in [0, 0.1) is 0 Å². The summed E-state index contributed by atoms with van der Waals surface area (Å²) in [4.78, 5) is 10.8. The molecule has 1 rings (SSSR count). The first-order chi connectivity index (χ1) is 7.22. The molecule has 0 fully saturated rings. The monoisotopic (exact) mass is 204 g/mol. The van der Waals surface area contributed by atoms with Gasteiger partial charge in [0.1, 0.15) is 6.10 Å². The maximum Gasteiger partial charge on any atom is 0.303 e. The van der Waals surface area contributed by atoms with Crippen LogP contribution in [0.2, 0.25) is 0 Å². The number of carbonyl (C=O) groups excluding carboxylic acids is 1. The Hall–Kier alpha value is -1.57. The highest BCUT2D eigenvalue weighted by Crippen LogP contribution is 2.06. The Bertz CT molecular complexity index is 328. The largest absolute Gasteiger partial charge is 0.458 e. The normalized spacial score (nSPS) is 12.7. The molecule has 1 atom stereocenters. The second-order valence-electron chi connectivity index (χ2n) is 3.33. The fourth-order valence-electron chi connectivity index (χ4n) is 1.25. The highest BCUT2D eigenvalue weighted by molar-refractivity contribution is 5.66. The number of carbonyl (C=O) groups is 1. The van der Waals surface area contributed by atoms with E-state index < -0.39 is 0 Å². The van der Waals surface area contributed by atoms with E-state index in [-0.39, 0.29) is 12.1 Å². The second kappa shape index (κ2) is 6.02. The molecule has 2 heteroatoms. The van der Waals surface area contributed by atoms with Gasteiger partial charge in [0.2, 0.25) is 0 Å². The van der Waals surface area contributed by atoms with Gasteiger partial charge in [0.15, 0.2) is 0 Å². The Morgan fingerprint density at radius 2 is 2.07 bits per heavy atom. The number of hydrogen-bond acceptors (Lipinski definition) is 2. The molecule has 0 aromatic heterocycles. The Kier molecular flexibility index (Phi) is 4.61. The first-order valence-corrected chi connectivity index (χ1v) is 5.13. The molecular weight excluding hydrogens is 188 g/mol. The third-order valence-electron chi connectivity index (χ3n) is 2.02. The van der Waals surface area contributed by atoms with Gasteiger partial charge < -0.3 is 4.74 Å². The van der Waals surface area contributed by atoms with Crippen molar-refractivity contribution >= 4 is 12.0 Å². The van der Waals surface area contributed by atoms with E-state index in [1.807, 2.05) is 49.4 Å². The summed E-state index contributed by atoms with van der Waals surface area (Å²) < 4.78 is 5.10. The summed E-state index contributed by atoms with van der Waals surface area (Å²) in [7, 11) is 0. The zero-order valence-corrected chi connectivity index (χ0v) is 9.14. The lowest BCUT2D eigenvalue weighted by atomic mass is 10.1. The van der Waals surface area contributed by atoms with Crippen molar-refractivity contribution in [3.63, 3.8) is 0 Å². The Morgan fingerprint density at radius 1 is 1.40 bits per heavy atom. The van der Waals surface area contributed by atoms with Crippen molar-refractivity contribution in [3.8, 4) is 0 Å². The van der Waals surface area contributed by atoms with Gasteiger partial charge >= 0.3 is 5.97 Å². The molecular formula is C13H16O2. The van der Waals surface area contributed by atoms with E-state index in [9.17, 15) is 4.79 Å². The van der Waals surface area contributed by atoms with Crippen LogP contribution in [0.5, 0.6) is 0 Å². The second-order valence-corrected chi connectivity index (χ2v) is 3.33. The van der Waals surface area contributed by atoms with Crippen LogP contribution in [0.25, 0.3) is 6.08 Å². The fourth-order valence-corrected chi connectivity index (χ4v) is 1.25. The van der Waals surface area contributed by atoms with Crippen LogP contribution in [-0.4, -0.2) is 12.1 Å². The van der Waals surface area contributed by atoms with Crippen molar-refractivity contribution in [1.29, 1.82) is 0 Å². The van der Waals surface area contributed by atoms with Gasteiger partial charge in [-0.15, -0.1) is 0 Å². The molecule has 80 valence electrons. The number of esters is 1. The summed E-state index contributed by atoms with van der Waals surface area (Å²) in [5, 5.41) is 0. The predicted molar refractivity (Wildman–Crippen MR) is 61.3 cm³/mol. The van der Waals surface area contributed by atoms with Gasteiger partial charge in [0, 0.05) is 6.92 Å². The minimum absolute atomic E-state index is 0.122. The third-order valence-corrected chi connectivity index (χ3v) is 2.02. The molecule has 0 radical (unpaired) electrons. The molecule has 0 aliphatic carbocycles. The molecule has 2 nitrogen and oxygen atoms in total. The van der Waals surface area contributed by atoms with Gasteiger partial charge in [-0.05, 0) is 18.1 Å². The van der Waals surface area contributed by atoms with E-state index in [0.29, 0.717) is 0 Å². The van der Waals surface area contributed by atoms with Crippen molar-refractivity contribution in [1.82, 2.24) is 0 Å². The molecule has 0 unspecified atom stereocenters. The number of benzene rings is 1. The molecule has 0 amide bonds. The van der Waals surface area contributed by atoms with Crippen LogP contribution in [0.4, 0.5) is 0 Å². The van der Waals surface area contributed by atoms with Crippen LogP contribution in [0.15, 0.2) is 36.4 Å². The van der Waals surface area contributed by atoms with Gasteiger partial charge in [-0.2, -0.15) is 0 Å². The van der Waals surface area contributed by atoms with E-state index in [0.717, 1.165) is 12.0 Å². The number of rotatable bonds is 4. The average Bonchev–Trinajstić information content (AvgIpc) is 2.25. The molecule has 0 spiro atoms. The predicted octanol–water partition coefficient (Wildman–Crippen LogP) is 3.04. The highest BCUT2D eigenvalue weighted by atomic mass is 16.5. The Balaban J connectivity index is 2.58. The molecule has 15 heavy (non-hydrogen) atoms. The first kappa shape index (κ1) is 11.5. The summed E-state index contributed by atoms with van der Waals surface area (Å²) >= 11 is 0. The molecule has 1 aromatic rings. The molecule has 0 aliphatic rings. The Labute approximate surface area is 90.6 Å². The SMILES string of the molecule is CC[C@H](/C=C/c1ccccc1)OC(C)=O. The zero-order chi connectivity index (χ0) is 11.1. The van der Waals surface area contributed by atoms with Crippen LogP contribution in [0.3, 0.4) is 0 Å². The van der Waals surface area contributed by atoms with Crippen LogP contribution in [0.1, 0.15) is 25.8 Å². The number of hydrogen-bond donors (Lipinski definition) is 0. The summed E-state index contributed by atoms with van der Waals surface area (Å²) in [6.45, 7) is 3.42. The third kappa shape index (κ3) is 4.45. The van der Waals surface area contributed by atoms with Crippen molar-refractivity contribution in [2.75, 3.05) is 0 Å². The molecule has 0 heterocycles. The van der Waals surface area contributed by atoms with Gasteiger partial charge in [-0.1, -0.05) is 43.3 Å². The minimum atomic E-state index is -0.237. The van der Waals surface area contributed by atoms with E-state index >= 15 is 0 Å². The van der Waals surface area contributed by atoms with Gasteiger partial charge in [0.05, 0.1) is 0 Å². The van der Waals surface area contributed by atoms with Crippen molar-refractivity contribution in [2.24, 2.45) is 0 Å². The van der Waals surface area contributed by atoms with Crippen LogP contribution >= 0.6 is 0 Å². The topological polar surface area (TPSA) is 26.3 Å². The lowest BCUT2D eigenvalue weighted by Crippen LogP contribution is -2.11. The van der Waals surface area contributed by atoms with Crippen molar-refractivity contribution < 1.29 is 9.53 Å². The average molecular weight is 204 g/mol. The van der Waals surface area contributed by atoms with Gasteiger partial charge in [-0.3, -0.25) is 4.79 Å². The van der Waals surface area contributed by atoms with E-state index in [1.54, 1.807) is 0 Å². The lowest BCUT2D eigenvalue weighted by Gasteiger charge is -2.09. The van der Waals surface area contributed by atoms with Gasteiger partial charge in [-0.25, -0.2) is 0 Å².